The number of amides is 1. The average molecular weight is 329 g/mol. The van der Waals surface area contributed by atoms with Crippen molar-refractivity contribution in [2.75, 3.05) is 5.32 Å². The van der Waals surface area contributed by atoms with Crippen molar-refractivity contribution >= 4 is 23.5 Å². The number of aryl methyl sites for hydroxylation is 1. The Kier molecular flexibility index (Phi) is 5.56. The lowest BCUT2D eigenvalue weighted by Gasteiger charge is -2.07. The van der Waals surface area contributed by atoms with Gasteiger partial charge >= 0.3 is 11.9 Å². The van der Waals surface area contributed by atoms with Gasteiger partial charge in [-0.15, -0.1) is 0 Å². The van der Waals surface area contributed by atoms with Crippen LogP contribution >= 0.6 is 0 Å². The highest BCUT2D eigenvalue weighted by molar-refractivity contribution is 6.08. The molecule has 1 heterocycles. The highest BCUT2D eigenvalue weighted by Gasteiger charge is 2.19. The fourth-order valence-electron chi connectivity index (χ4n) is 2.05. The molecule has 0 atom stereocenters. The Labute approximate surface area is 137 Å². The summed E-state index contributed by atoms with van der Waals surface area (Å²) in [4.78, 5) is 41.0. The lowest BCUT2D eigenvalue weighted by Crippen LogP contribution is -2.19. The van der Waals surface area contributed by atoms with Crippen LogP contribution in [0, 0.1) is 0 Å². The first kappa shape index (κ1) is 17.1. The van der Waals surface area contributed by atoms with Crippen molar-refractivity contribution in [3.8, 4) is 0 Å². The maximum Gasteiger partial charge on any atom is 0.356 e. The Morgan fingerprint density at radius 3 is 2.17 bits per heavy atom. The van der Waals surface area contributed by atoms with Crippen molar-refractivity contribution in [2.45, 2.75) is 19.3 Å². The van der Waals surface area contributed by atoms with Gasteiger partial charge in [0, 0.05) is 24.5 Å². The molecule has 0 aliphatic heterocycles. The standard InChI is InChI=1S/C16H15N3O5/c20-12(21)3-1-2-10-4-6-11(7-5-10)19-15(22)13-14(16(23)24)18-9-8-17-13/h4-9H,1-3H2,(H,19,22)(H,20,21)(H,23,24). The zero-order valence-electron chi connectivity index (χ0n) is 12.6. The van der Waals surface area contributed by atoms with Gasteiger partial charge < -0.3 is 15.5 Å². The Bertz CT molecular complexity index is 759. The van der Waals surface area contributed by atoms with Crippen LogP contribution in [0.4, 0.5) is 5.69 Å². The molecule has 0 fully saturated rings. The monoisotopic (exact) mass is 329 g/mol. The zero-order chi connectivity index (χ0) is 17.5. The molecule has 8 nitrogen and oxygen atoms in total. The van der Waals surface area contributed by atoms with Crippen molar-refractivity contribution in [1.82, 2.24) is 9.97 Å². The van der Waals surface area contributed by atoms with E-state index < -0.39 is 23.5 Å². The third-order valence-electron chi connectivity index (χ3n) is 3.18. The predicted molar refractivity (Wildman–Crippen MR) is 84.0 cm³/mol. The number of nitrogens with one attached hydrogen (secondary N) is 1. The summed E-state index contributed by atoms with van der Waals surface area (Å²) in [5, 5.41) is 20.2. The van der Waals surface area contributed by atoms with E-state index in [-0.39, 0.29) is 12.1 Å². The normalized spacial score (nSPS) is 10.2. The lowest BCUT2D eigenvalue weighted by atomic mass is 10.1. The van der Waals surface area contributed by atoms with Crippen LogP contribution in [-0.2, 0) is 11.2 Å². The van der Waals surface area contributed by atoms with Gasteiger partial charge in [-0.05, 0) is 30.5 Å². The molecule has 1 aromatic carbocycles. The molecule has 0 aliphatic rings. The first-order valence-electron chi connectivity index (χ1n) is 7.14. The van der Waals surface area contributed by atoms with E-state index in [1.165, 1.54) is 12.4 Å². The first-order chi connectivity index (χ1) is 11.5. The quantitative estimate of drug-likeness (QED) is 0.706. The first-order valence-corrected chi connectivity index (χ1v) is 7.14. The second kappa shape index (κ2) is 7.82. The summed E-state index contributed by atoms with van der Waals surface area (Å²) in [7, 11) is 0. The summed E-state index contributed by atoms with van der Waals surface area (Å²) in [5.74, 6) is -2.83. The highest BCUT2D eigenvalue weighted by Crippen LogP contribution is 2.13. The van der Waals surface area contributed by atoms with Gasteiger partial charge in [0.1, 0.15) is 0 Å². The molecule has 0 radical (unpaired) electrons. The Hall–Kier alpha value is -3.29. The number of anilines is 1. The largest absolute Gasteiger partial charge is 0.481 e. The Morgan fingerprint density at radius 2 is 1.58 bits per heavy atom. The number of benzene rings is 1. The van der Waals surface area contributed by atoms with E-state index in [1.54, 1.807) is 24.3 Å². The summed E-state index contributed by atoms with van der Waals surface area (Å²) in [6, 6.07) is 6.86. The number of carbonyl (C=O) groups excluding carboxylic acids is 1. The van der Waals surface area contributed by atoms with Crippen LogP contribution in [-0.4, -0.2) is 38.0 Å². The number of carbonyl (C=O) groups is 3. The summed E-state index contributed by atoms with van der Waals surface area (Å²) >= 11 is 0. The summed E-state index contributed by atoms with van der Waals surface area (Å²) < 4.78 is 0. The second-order valence-electron chi connectivity index (χ2n) is 4.96. The summed E-state index contributed by atoms with van der Waals surface area (Å²) in [5.41, 5.74) is 0.736. The fourth-order valence-corrected chi connectivity index (χ4v) is 2.05. The van der Waals surface area contributed by atoms with Crippen LogP contribution in [0.15, 0.2) is 36.7 Å². The fraction of sp³-hybridized carbons (Fsp3) is 0.188. The molecule has 0 unspecified atom stereocenters. The van der Waals surface area contributed by atoms with E-state index in [4.69, 9.17) is 10.2 Å². The molecular weight excluding hydrogens is 314 g/mol. The van der Waals surface area contributed by atoms with E-state index >= 15 is 0 Å². The number of rotatable bonds is 7. The molecular formula is C16H15N3O5. The number of hydrogen-bond acceptors (Lipinski definition) is 5. The Morgan fingerprint density at radius 1 is 0.958 bits per heavy atom. The number of aromatic carboxylic acids is 1. The molecule has 24 heavy (non-hydrogen) atoms. The van der Waals surface area contributed by atoms with Crippen LogP contribution in [0.5, 0.6) is 0 Å². The third-order valence-corrected chi connectivity index (χ3v) is 3.18. The zero-order valence-corrected chi connectivity index (χ0v) is 12.6. The van der Waals surface area contributed by atoms with Gasteiger partial charge in [-0.3, -0.25) is 9.59 Å². The van der Waals surface area contributed by atoms with E-state index in [1.807, 2.05) is 0 Å². The molecule has 1 aromatic heterocycles. The van der Waals surface area contributed by atoms with E-state index in [9.17, 15) is 14.4 Å². The number of carboxylic acids is 2. The molecule has 124 valence electrons. The summed E-state index contributed by atoms with van der Waals surface area (Å²) in [6.45, 7) is 0. The SMILES string of the molecule is O=C(O)CCCc1ccc(NC(=O)c2nccnc2C(=O)O)cc1. The molecule has 3 N–H and O–H groups in total. The Balaban J connectivity index is 2.02. The van der Waals surface area contributed by atoms with Gasteiger partial charge in [0.05, 0.1) is 0 Å². The molecule has 0 saturated carbocycles. The van der Waals surface area contributed by atoms with Gasteiger partial charge in [-0.1, -0.05) is 12.1 Å². The number of hydrogen-bond donors (Lipinski definition) is 3. The lowest BCUT2D eigenvalue weighted by molar-refractivity contribution is -0.137. The average Bonchev–Trinajstić information content (AvgIpc) is 2.56. The minimum atomic E-state index is -1.33. The van der Waals surface area contributed by atoms with Gasteiger partial charge in [0.2, 0.25) is 0 Å². The van der Waals surface area contributed by atoms with Crippen molar-refractivity contribution in [2.24, 2.45) is 0 Å². The second-order valence-corrected chi connectivity index (χ2v) is 4.96. The molecule has 2 aromatic rings. The van der Waals surface area contributed by atoms with Crippen LogP contribution < -0.4 is 5.32 Å². The minimum absolute atomic E-state index is 0.100. The van der Waals surface area contributed by atoms with Gasteiger partial charge in [0.25, 0.3) is 5.91 Å². The van der Waals surface area contributed by atoms with Gasteiger partial charge in [-0.2, -0.15) is 0 Å². The third kappa shape index (κ3) is 4.60. The molecule has 0 saturated heterocycles. The molecule has 8 heteroatoms. The maximum atomic E-state index is 12.1. The highest BCUT2D eigenvalue weighted by atomic mass is 16.4. The number of aliphatic carboxylic acids is 1. The number of nitrogens with zero attached hydrogens (tertiary/aromatic N) is 2. The van der Waals surface area contributed by atoms with Crippen molar-refractivity contribution < 1.29 is 24.6 Å². The smallest absolute Gasteiger partial charge is 0.356 e. The molecule has 1 amide bonds. The van der Waals surface area contributed by atoms with Crippen LogP contribution in [0.3, 0.4) is 0 Å². The predicted octanol–water partition coefficient (Wildman–Crippen LogP) is 1.83. The van der Waals surface area contributed by atoms with Gasteiger partial charge in [-0.25, -0.2) is 14.8 Å². The van der Waals surface area contributed by atoms with Crippen LogP contribution in [0.2, 0.25) is 0 Å². The van der Waals surface area contributed by atoms with E-state index in [0.29, 0.717) is 18.5 Å². The van der Waals surface area contributed by atoms with Crippen molar-refractivity contribution in [3.63, 3.8) is 0 Å². The maximum absolute atomic E-state index is 12.1. The van der Waals surface area contributed by atoms with Crippen LogP contribution in [0.1, 0.15) is 39.4 Å². The van der Waals surface area contributed by atoms with E-state index in [2.05, 4.69) is 15.3 Å². The summed E-state index contributed by atoms with van der Waals surface area (Å²) in [6.07, 6.45) is 3.69. The molecule has 0 spiro atoms. The molecule has 2 rings (SSSR count). The molecule has 0 aliphatic carbocycles. The van der Waals surface area contributed by atoms with Crippen molar-refractivity contribution in [1.29, 1.82) is 0 Å². The minimum Gasteiger partial charge on any atom is -0.481 e. The van der Waals surface area contributed by atoms with Crippen molar-refractivity contribution in [3.05, 3.63) is 53.6 Å². The molecule has 0 bridgehead atoms. The van der Waals surface area contributed by atoms with Crippen LogP contribution in [0.25, 0.3) is 0 Å². The number of carboxylic acid groups (broad SMARTS) is 2. The number of aromatic nitrogens is 2. The van der Waals surface area contributed by atoms with Gasteiger partial charge in [0.15, 0.2) is 11.4 Å². The van der Waals surface area contributed by atoms with E-state index in [0.717, 1.165) is 5.56 Å². The topological polar surface area (TPSA) is 129 Å².